The maximum absolute atomic E-state index is 6.11. The highest BCUT2D eigenvalue weighted by molar-refractivity contribution is 5.77. The molecule has 3 nitrogen and oxygen atoms in total. The number of rotatable bonds is 3. The van der Waals surface area contributed by atoms with Crippen LogP contribution in [0.3, 0.4) is 0 Å². The third-order valence-corrected chi connectivity index (χ3v) is 5.34. The van der Waals surface area contributed by atoms with E-state index in [-0.39, 0.29) is 5.41 Å². The number of benzene rings is 1. The van der Waals surface area contributed by atoms with Crippen molar-refractivity contribution in [3.8, 4) is 0 Å². The first-order valence-electron chi connectivity index (χ1n) is 7.93. The van der Waals surface area contributed by atoms with Crippen LogP contribution >= 0.6 is 0 Å². The van der Waals surface area contributed by atoms with Gasteiger partial charge in [0.25, 0.3) is 0 Å². The van der Waals surface area contributed by atoms with E-state index in [4.69, 9.17) is 10.7 Å². The number of imidazole rings is 1. The van der Waals surface area contributed by atoms with Crippen LogP contribution in [0.1, 0.15) is 56.0 Å². The Hall–Kier alpha value is -1.35. The Morgan fingerprint density at radius 3 is 2.70 bits per heavy atom. The minimum atomic E-state index is 0.214. The van der Waals surface area contributed by atoms with Crippen LogP contribution in [0.4, 0.5) is 0 Å². The Morgan fingerprint density at radius 1 is 1.30 bits per heavy atom. The molecule has 1 heterocycles. The van der Waals surface area contributed by atoms with Gasteiger partial charge in [-0.2, -0.15) is 0 Å². The summed E-state index contributed by atoms with van der Waals surface area (Å²) in [6.07, 6.45) is 7.70. The molecule has 0 atom stereocenters. The third-order valence-electron chi connectivity index (χ3n) is 5.34. The van der Waals surface area contributed by atoms with Crippen molar-refractivity contribution >= 4 is 11.0 Å². The molecule has 4 rings (SSSR count). The van der Waals surface area contributed by atoms with Crippen LogP contribution in [0, 0.1) is 6.92 Å². The molecule has 2 saturated carbocycles. The number of hydrogen-bond donors (Lipinski definition) is 1. The molecule has 0 bridgehead atoms. The summed E-state index contributed by atoms with van der Waals surface area (Å²) in [5.74, 6) is 1.16. The lowest BCUT2D eigenvalue weighted by Gasteiger charge is -2.27. The summed E-state index contributed by atoms with van der Waals surface area (Å²) in [4.78, 5) is 4.79. The lowest BCUT2D eigenvalue weighted by molar-refractivity contribution is 0.453. The summed E-state index contributed by atoms with van der Waals surface area (Å²) in [7, 11) is 0. The van der Waals surface area contributed by atoms with Crippen LogP contribution in [0.15, 0.2) is 18.2 Å². The summed E-state index contributed by atoms with van der Waals surface area (Å²) in [6.45, 7) is 2.90. The fourth-order valence-electron chi connectivity index (χ4n) is 4.01. The number of nitrogens with zero attached hydrogens (tertiary/aromatic N) is 2. The molecule has 0 saturated heterocycles. The highest BCUT2D eigenvalue weighted by Crippen LogP contribution is 2.42. The third kappa shape index (κ3) is 1.72. The largest absolute Gasteiger partial charge is 0.330 e. The second kappa shape index (κ2) is 4.32. The zero-order valence-electron chi connectivity index (χ0n) is 12.2. The van der Waals surface area contributed by atoms with Crippen molar-refractivity contribution in [3.05, 3.63) is 29.6 Å². The van der Waals surface area contributed by atoms with Gasteiger partial charge in [-0.15, -0.1) is 0 Å². The molecule has 2 N–H and O–H groups in total. The van der Waals surface area contributed by atoms with Crippen LogP contribution in [0.5, 0.6) is 0 Å². The number of aryl methyl sites for hydroxylation is 1. The van der Waals surface area contributed by atoms with Gasteiger partial charge >= 0.3 is 0 Å². The second-order valence-corrected chi connectivity index (χ2v) is 6.66. The van der Waals surface area contributed by atoms with Gasteiger partial charge in [-0.3, -0.25) is 0 Å². The number of aromatic nitrogens is 2. The van der Waals surface area contributed by atoms with Gasteiger partial charge in [0, 0.05) is 18.0 Å². The second-order valence-electron chi connectivity index (χ2n) is 6.66. The summed E-state index contributed by atoms with van der Waals surface area (Å²) in [5.41, 5.74) is 10.2. The van der Waals surface area contributed by atoms with Crippen molar-refractivity contribution in [2.24, 2.45) is 5.73 Å². The van der Waals surface area contributed by atoms with E-state index in [9.17, 15) is 0 Å². The van der Waals surface area contributed by atoms with E-state index in [0.717, 1.165) is 17.9 Å². The number of nitrogens with two attached hydrogens (primary N) is 1. The van der Waals surface area contributed by atoms with Crippen LogP contribution in [0.2, 0.25) is 0 Å². The molecule has 2 aromatic rings. The van der Waals surface area contributed by atoms with Crippen molar-refractivity contribution in [1.82, 2.24) is 9.55 Å². The lowest BCUT2D eigenvalue weighted by atomic mass is 9.79. The molecule has 106 valence electrons. The molecule has 2 aliphatic carbocycles. The van der Waals surface area contributed by atoms with E-state index in [0.29, 0.717) is 6.04 Å². The molecule has 0 amide bonds. The SMILES string of the molecule is Cc1nc2cc(C3(CN)CCCC3)ccc2n1C1CC1. The zero-order valence-corrected chi connectivity index (χ0v) is 12.2. The highest BCUT2D eigenvalue weighted by Gasteiger charge is 2.35. The van der Waals surface area contributed by atoms with E-state index < -0.39 is 0 Å². The van der Waals surface area contributed by atoms with Gasteiger partial charge in [-0.25, -0.2) is 4.98 Å². The Kier molecular flexibility index (Phi) is 2.68. The summed E-state index contributed by atoms with van der Waals surface area (Å²) < 4.78 is 2.42. The van der Waals surface area contributed by atoms with Crippen molar-refractivity contribution in [1.29, 1.82) is 0 Å². The predicted octanol–water partition coefficient (Wildman–Crippen LogP) is 3.45. The van der Waals surface area contributed by atoms with E-state index in [1.807, 2.05) is 0 Å². The molecule has 20 heavy (non-hydrogen) atoms. The highest BCUT2D eigenvalue weighted by atomic mass is 15.1. The van der Waals surface area contributed by atoms with E-state index in [1.54, 1.807) is 0 Å². The maximum Gasteiger partial charge on any atom is 0.106 e. The normalized spacial score (nSPS) is 21.7. The van der Waals surface area contributed by atoms with E-state index in [1.165, 1.54) is 49.6 Å². The average Bonchev–Trinajstić information content (AvgIpc) is 3.06. The summed E-state index contributed by atoms with van der Waals surface area (Å²) in [6, 6.07) is 7.58. The van der Waals surface area contributed by atoms with E-state index >= 15 is 0 Å². The van der Waals surface area contributed by atoms with Gasteiger partial charge in [-0.1, -0.05) is 18.9 Å². The predicted molar refractivity (Wildman–Crippen MR) is 81.9 cm³/mol. The summed E-state index contributed by atoms with van der Waals surface area (Å²) in [5, 5.41) is 0. The van der Waals surface area contributed by atoms with Crippen LogP contribution in [-0.4, -0.2) is 16.1 Å². The fraction of sp³-hybridized carbons (Fsp3) is 0.588. The molecule has 0 unspecified atom stereocenters. The van der Waals surface area contributed by atoms with Gasteiger partial charge in [0.1, 0.15) is 5.82 Å². The van der Waals surface area contributed by atoms with E-state index in [2.05, 4.69) is 29.7 Å². The first kappa shape index (κ1) is 12.4. The fourth-order valence-corrected chi connectivity index (χ4v) is 4.01. The Morgan fingerprint density at radius 2 is 2.05 bits per heavy atom. The molecule has 1 aromatic carbocycles. The molecule has 0 aliphatic heterocycles. The van der Waals surface area contributed by atoms with Gasteiger partial charge < -0.3 is 10.3 Å². The Labute approximate surface area is 120 Å². The van der Waals surface area contributed by atoms with Crippen LogP contribution in [0.25, 0.3) is 11.0 Å². The van der Waals surface area contributed by atoms with Crippen molar-refractivity contribution in [2.75, 3.05) is 6.54 Å². The van der Waals surface area contributed by atoms with Crippen molar-refractivity contribution in [2.45, 2.75) is 56.9 Å². The van der Waals surface area contributed by atoms with Crippen LogP contribution < -0.4 is 5.73 Å². The Bertz CT molecular complexity index is 646. The van der Waals surface area contributed by atoms with Crippen molar-refractivity contribution in [3.63, 3.8) is 0 Å². The smallest absolute Gasteiger partial charge is 0.106 e. The summed E-state index contributed by atoms with van der Waals surface area (Å²) >= 11 is 0. The lowest BCUT2D eigenvalue weighted by Crippen LogP contribution is -2.31. The first-order valence-corrected chi connectivity index (χ1v) is 7.93. The zero-order chi connectivity index (χ0) is 13.7. The molecule has 0 spiro atoms. The molecule has 3 heteroatoms. The first-order chi connectivity index (χ1) is 9.73. The average molecular weight is 269 g/mol. The Balaban J connectivity index is 1.83. The molecule has 1 aromatic heterocycles. The maximum atomic E-state index is 6.11. The molecule has 2 aliphatic rings. The van der Waals surface area contributed by atoms with Crippen LogP contribution in [-0.2, 0) is 5.41 Å². The van der Waals surface area contributed by atoms with Crippen molar-refractivity contribution < 1.29 is 0 Å². The molecular formula is C17H23N3. The van der Waals surface area contributed by atoms with Gasteiger partial charge in [0.15, 0.2) is 0 Å². The monoisotopic (exact) mass is 269 g/mol. The molecule has 0 radical (unpaired) electrons. The topological polar surface area (TPSA) is 43.8 Å². The van der Waals surface area contributed by atoms with Gasteiger partial charge in [-0.05, 0) is 50.3 Å². The molecule has 2 fully saturated rings. The quantitative estimate of drug-likeness (QED) is 0.927. The minimum absolute atomic E-state index is 0.214. The van der Waals surface area contributed by atoms with Gasteiger partial charge in [0.2, 0.25) is 0 Å². The number of hydrogen-bond acceptors (Lipinski definition) is 2. The number of fused-ring (bicyclic) bond motifs is 1. The molecular weight excluding hydrogens is 246 g/mol. The minimum Gasteiger partial charge on any atom is -0.330 e. The van der Waals surface area contributed by atoms with Gasteiger partial charge in [0.05, 0.1) is 11.0 Å². The standard InChI is InChI=1S/C17H23N3/c1-12-19-15-10-13(17(11-18)8-2-3-9-17)4-7-16(15)20(12)14-5-6-14/h4,7,10,14H,2-3,5-6,8-9,11,18H2,1H3.